The van der Waals surface area contributed by atoms with Crippen molar-refractivity contribution in [3.05, 3.63) is 23.8 Å². The van der Waals surface area contributed by atoms with Crippen molar-refractivity contribution in [1.82, 2.24) is 25.2 Å². The molecule has 6 heteroatoms. The molecule has 0 spiro atoms. The molecule has 124 valence electrons. The van der Waals surface area contributed by atoms with Gasteiger partial charge in [-0.15, -0.1) is 0 Å². The van der Waals surface area contributed by atoms with E-state index in [-0.39, 0.29) is 17.8 Å². The fraction of sp³-hybridized carbons (Fsp3) is 0.588. The number of amides is 1. The first-order valence-corrected chi connectivity index (χ1v) is 8.46. The number of nitrogens with one attached hydrogen (secondary N) is 2. The van der Waals surface area contributed by atoms with Crippen LogP contribution in [-0.4, -0.2) is 50.9 Å². The molecule has 2 N–H and O–H groups in total. The van der Waals surface area contributed by atoms with Crippen molar-refractivity contribution in [2.75, 3.05) is 13.1 Å². The van der Waals surface area contributed by atoms with Crippen LogP contribution in [0.2, 0.25) is 0 Å². The van der Waals surface area contributed by atoms with Crippen LogP contribution >= 0.6 is 0 Å². The molecule has 1 saturated heterocycles. The second kappa shape index (κ2) is 6.66. The quantitative estimate of drug-likeness (QED) is 0.906. The highest BCUT2D eigenvalue weighted by Gasteiger charge is 2.23. The van der Waals surface area contributed by atoms with Crippen molar-refractivity contribution in [1.29, 1.82) is 0 Å². The van der Waals surface area contributed by atoms with Crippen molar-refractivity contribution < 1.29 is 4.79 Å². The van der Waals surface area contributed by atoms with Crippen LogP contribution in [0.1, 0.15) is 49.8 Å². The maximum atomic E-state index is 12.4. The maximum absolute atomic E-state index is 12.4. The molecule has 23 heavy (non-hydrogen) atoms. The van der Waals surface area contributed by atoms with Crippen molar-refractivity contribution in [3.8, 4) is 0 Å². The molecule has 1 aliphatic rings. The van der Waals surface area contributed by atoms with Gasteiger partial charge in [0.2, 0.25) is 5.82 Å². The highest BCUT2D eigenvalue weighted by molar-refractivity contribution is 5.92. The van der Waals surface area contributed by atoms with Crippen LogP contribution < -0.4 is 5.32 Å². The van der Waals surface area contributed by atoms with E-state index in [0.29, 0.717) is 6.04 Å². The van der Waals surface area contributed by atoms with Gasteiger partial charge in [0, 0.05) is 31.4 Å². The van der Waals surface area contributed by atoms with E-state index in [4.69, 9.17) is 0 Å². The summed E-state index contributed by atoms with van der Waals surface area (Å²) in [5.41, 5.74) is 2.84. The number of H-pyrrole nitrogens is 1. The van der Waals surface area contributed by atoms with Crippen molar-refractivity contribution in [3.63, 3.8) is 0 Å². The summed E-state index contributed by atoms with van der Waals surface area (Å²) < 4.78 is 0. The van der Waals surface area contributed by atoms with E-state index in [0.717, 1.165) is 48.9 Å². The van der Waals surface area contributed by atoms with Gasteiger partial charge in [0.15, 0.2) is 0 Å². The Labute approximate surface area is 136 Å². The van der Waals surface area contributed by atoms with Gasteiger partial charge in [-0.2, -0.15) is 0 Å². The Balaban J connectivity index is 1.67. The molecule has 0 bridgehead atoms. The summed E-state index contributed by atoms with van der Waals surface area (Å²) in [5, 5.41) is 3.09. The number of aromatic nitrogens is 3. The van der Waals surface area contributed by atoms with Crippen molar-refractivity contribution >= 4 is 16.9 Å². The molecule has 1 aliphatic heterocycles. The lowest BCUT2D eigenvalue weighted by Crippen LogP contribution is -2.46. The lowest BCUT2D eigenvalue weighted by atomic mass is 10.0. The first-order valence-electron chi connectivity index (χ1n) is 8.46. The molecule has 6 nitrogen and oxygen atoms in total. The Kier molecular flexibility index (Phi) is 4.61. The predicted octanol–water partition coefficient (Wildman–Crippen LogP) is 2.12. The molecule has 3 heterocycles. The fourth-order valence-corrected chi connectivity index (χ4v) is 3.15. The Morgan fingerprint density at radius 3 is 2.83 bits per heavy atom. The predicted molar refractivity (Wildman–Crippen MR) is 90.5 cm³/mol. The molecule has 1 fully saturated rings. The number of nitrogens with zero attached hydrogens (tertiary/aromatic N) is 3. The highest BCUT2D eigenvalue weighted by Crippen LogP contribution is 2.16. The van der Waals surface area contributed by atoms with Gasteiger partial charge in [-0.1, -0.05) is 6.92 Å². The lowest BCUT2D eigenvalue weighted by Gasteiger charge is -2.34. The number of carbonyl (C=O) groups is 1. The minimum absolute atomic E-state index is 0.168. The average Bonchev–Trinajstić information content (AvgIpc) is 2.97. The van der Waals surface area contributed by atoms with E-state index >= 15 is 0 Å². The Morgan fingerprint density at radius 1 is 1.43 bits per heavy atom. The summed E-state index contributed by atoms with van der Waals surface area (Å²) in [6.07, 6.45) is 6.47. The zero-order valence-electron chi connectivity index (χ0n) is 14.1. The number of aryl methyl sites for hydroxylation is 1. The average molecular weight is 315 g/mol. The third-order valence-electron chi connectivity index (χ3n) is 4.67. The molecular formula is C17H25N5O. The molecule has 0 aromatic carbocycles. The number of aromatic amines is 1. The highest BCUT2D eigenvalue weighted by atomic mass is 16.2. The first-order chi connectivity index (χ1) is 11.1. The largest absolute Gasteiger partial charge is 0.358 e. The molecule has 3 rings (SSSR count). The molecule has 2 aromatic heterocycles. The fourth-order valence-electron chi connectivity index (χ4n) is 3.15. The van der Waals surface area contributed by atoms with Gasteiger partial charge in [0.1, 0.15) is 0 Å². The van der Waals surface area contributed by atoms with E-state index in [1.165, 1.54) is 0 Å². The van der Waals surface area contributed by atoms with E-state index < -0.39 is 0 Å². The Bertz CT molecular complexity index is 685. The SMILES string of the molecule is CCc1c[nH]c2cnc(C(=O)NC3CCN(C(C)C)CC3)nc12. The van der Waals surface area contributed by atoms with E-state index in [2.05, 4.69) is 45.9 Å². The lowest BCUT2D eigenvalue weighted by molar-refractivity contribution is 0.0890. The molecule has 0 radical (unpaired) electrons. The summed E-state index contributed by atoms with van der Waals surface area (Å²) in [6.45, 7) is 8.56. The third-order valence-corrected chi connectivity index (χ3v) is 4.67. The summed E-state index contributed by atoms with van der Waals surface area (Å²) in [4.78, 5) is 26.7. The smallest absolute Gasteiger partial charge is 0.289 e. The Hall–Kier alpha value is -1.95. The van der Waals surface area contributed by atoms with Gasteiger partial charge < -0.3 is 15.2 Å². The van der Waals surface area contributed by atoms with Crippen molar-refractivity contribution in [2.45, 2.75) is 52.1 Å². The minimum Gasteiger partial charge on any atom is -0.358 e. The van der Waals surface area contributed by atoms with Crippen LogP contribution in [0.4, 0.5) is 0 Å². The zero-order chi connectivity index (χ0) is 16.4. The van der Waals surface area contributed by atoms with Gasteiger partial charge in [-0.25, -0.2) is 9.97 Å². The van der Waals surface area contributed by atoms with Gasteiger partial charge >= 0.3 is 0 Å². The van der Waals surface area contributed by atoms with E-state index in [1.807, 2.05) is 6.20 Å². The zero-order valence-corrected chi connectivity index (χ0v) is 14.1. The van der Waals surface area contributed by atoms with Crippen LogP contribution in [0.15, 0.2) is 12.4 Å². The van der Waals surface area contributed by atoms with Crippen molar-refractivity contribution in [2.24, 2.45) is 0 Å². The van der Waals surface area contributed by atoms with Crippen LogP contribution in [0.5, 0.6) is 0 Å². The molecule has 0 unspecified atom stereocenters. The number of rotatable bonds is 4. The van der Waals surface area contributed by atoms with Gasteiger partial charge in [0.05, 0.1) is 17.2 Å². The monoisotopic (exact) mass is 315 g/mol. The summed E-state index contributed by atoms with van der Waals surface area (Å²) in [6, 6.07) is 0.784. The van der Waals surface area contributed by atoms with Crippen LogP contribution in [0, 0.1) is 0 Å². The number of piperidine rings is 1. The second-order valence-corrected chi connectivity index (χ2v) is 6.50. The topological polar surface area (TPSA) is 73.9 Å². The second-order valence-electron chi connectivity index (χ2n) is 6.50. The number of carbonyl (C=O) groups excluding carboxylic acids is 1. The molecule has 1 amide bonds. The van der Waals surface area contributed by atoms with Crippen LogP contribution in [-0.2, 0) is 6.42 Å². The van der Waals surface area contributed by atoms with Gasteiger partial charge in [-0.05, 0) is 38.7 Å². The van der Waals surface area contributed by atoms with Gasteiger partial charge in [0.25, 0.3) is 5.91 Å². The molecular weight excluding hydrogens is 290 g/mol. The maximum Gasteiger partial charge on any atom is 0.289 e. The van der Waals surface area contributed by atoms with E-state index in [9.17, 15) is 4.79 Å². The molecule has 2 aromatic rings. The summed E-state index contributed by atoms with van der Waals surface area (Å²) >= 11 is 0. The number of fused-ring (bicyclic) bond motifs is 1. The van der Waals surface area contributed by atoms with E-state index in [1.54, 1.807) is 6.20 Å². The third kappa shape index (κ3) is 3.37. The number of likely N-dealkylation sites (tertiary alicyclic amines) is 1. The number of hydrogen-bond donors (Lipinski definition) is 2. The van der Waals surface area contributed by atoms with Crippen LogP contribution in [0.25, 0.3) is 11.0 Å². The number of hydrogen-bond acceptors (Lipinski definition) is 4. The van der Waals surface area contributed by atoms with Gasteiger partial charge in [-0.3, -0.25) is 4.79 Å². The van der Waals surface area contributed by atoms with Crippen LogP contribution in [0.3, 0.4) is 0 Å². The first kappa shape index (κ1) is 15.9. The normalized spacial score (nSPS) is 17.0. The molecule has 0 atom stereocenters. The Morgan fingerprint density at radius 2 is 2.17 bits per heavy atom. The molecule has 0 saturated carbocycles. The standard InChI is InChI=1S/C17H25N5O/c1-4-12-9-18-14-10-19-16(21-15(12)14)17(23)20-13-5-7-22(8-6-13)11(2)3/h9-11,13,18H,4-8H2,1-3H3,(H,20,23). The minimum atomic E-state index is -0.168. The summed E-state index contributed by atoms with van der Waals surface area (Å²) in [5.74, 6) is 0.0937. The molecule has 0 aliphatic carbocycles. The summed E-state index contributed by atoms with van der Waals surface area (Å²) in [7, 11) is 0.